The standard InChI is InChI=1S/C44H29N3O2/c1-44(2)34-17-7-6-16-33(34)41-35(44)19-21-39-42(41)49-40-24-32(18-20-38(40)48-39)37-25-36(46-43(47-37)28-11-4-3-5-12-28)31-15-9-14-30(23-31)29-13-8-10-27(22-29)26-45/h3-25H,1-2H3. The quantitative estimate of drug-likeness (QED) is 0.193. The molecule has 0 atom stereocenters. The van der Waals surface area contributed by atoms with Crippen LogP contribution in [0.1, 0.15) is 30.5 Å². The van der Waals surface area contributed by atoms with Crippen molar-refractivity contribution in [2.24, 2.45) is 0 Å². The van der Waals surface area contributed by atoms with Gasteiger partial charge >= 0.3 is 0 Å². The van der Waals surface area contributed by atoms with Gasteiger partial charge in [-0.05, 0) is 76.3 Å². The molecule has 232 valence electrons. The number of ether oxygens (including phenoxy) is 2. The fraction of sp³-hybridized carbons (Fsp3) is 0.0682. The first-order valence-electron chi connectivity index (χ1n) is 16.3. The largest absolute Gasteiger partial charge is 0.449 e. The second-order valence-electron chi connectivity index (χ2n) is 13.0. The van der Waals surface area contributed by atoms with Gasteiger partial charge in [0.2, 0.25) is 0 Å². The number of nitrogens with zero attached hydrogens (tertiary/aromatic N) is 3. The van der Waals surface area contributed by atoms with Crippen LogP contribution in [0.25, 0.3) is 56.2 Å². The lowest BCUT2D eigenvalue weighted by molar-refractivity contribution is 0.360. The van der Waals surface area contributed by atoms with Crippen LogP contribution in [0.5, 0.6) is 23.0 Å². The van der Waals surface area contributed by atoms with Crippen LogP contribution in [-0.4, -0.2) is 9.97 Å². The highest BCUT2D eigenvalue weighted by Crippen LogP contribution is 2.58. The monoisotopic (exact) mass is 631 g/mol. The third kappa shape index (κ3) is 4.77. The first kappa shape index (κ1) is 28.7. The molecule has 0 fully saturated rings. The predicted octanol–water partition coefficient (Wildman–Crippen LogP) is 11.2. The van der Waals surface area contributed by atoms with Crippen molar-refractivity contribution in [3.63, 3.8) is 0 Å². The number of nitriles is 1. The van der Waals surface area contributed by atoms with Gasteiger partial charge in [0.25, 0.3) is 0 Å². The van der Waals surface area contributed by atoms with Gasteiger partial charge in [-0.3, -0.25) is 0 Å². The van der Waals surface area contributed by atoms with Gasteiger partial charge in [0.15, 0.2) is 28.8 Å². The second kappa shape index (κ2) is 11.0. The molecular weight excluding hydrogens is 603 g/mol. The van der Waals surface area contributed by atoms with Gasteiger partial charge in [-0.25, -0.2) is 9.97 Å². The molecule has 0 radical (unpaired) electrons. The van der Waals surface area contributed by atoms with E-state index in [9.17, 15) is 5.26 Å². The van der Waals surface area contributed by atoms with Gasteiger partial charge in [0.05, 0.1) is 23.0 Å². The zero-order valence-electron chi connectivity index (χ0n) is 26.9. The number of rotatable bonds is 4. The lowest BCUT2D eigenvalue weighted by atomic mass is 9.82. The maximum Gasteiger partial charge on any atom is 0.178 e. The molecule has 9 rings (SSSR count). The Balaban J connectivity index is 1.15. The Kier molecular flexibility index (Phi) is 6.47. The van der Waals surface area contributed by atoms with Crippen LogP contribution in [0.2, 0.25) is 0 Å². The third-order valence-electron chi connectivity index (χ3n) is 9.58. The highest BCUT2D eigenvalue weighted by molar-refractivity contribution is 5.88. The van der Waals surface area contributed by atoms with Crippen molar-refractivity contribution in [3.8, 4) is 85.2 Å². The van der Waals surface area contributed by atoms with Crippen LogP contribution in [-0.2, 0) is 5.41 Å². The van der Waals surface area contributed by atoms with E-state index in [0.29, 0.717) is 28.6 Å². The van der Waals surface area contributed by atoms with Gasteiger partial charge in [-0.15, -0.1) is 0 Å². The van der Waals surface area contributed by atoms with Crippen molar-refractivity contribution in [3.05, 3.63) is 156 Å². The van der Waals surface area contributed by atoms with Crippen LogP contribution in [0.4, 0.5) is 0 Å². The summed E-state index contributed by atoms with van der Waals surface area (Å²) in [5.74, 6) is 3.38. The number of fused-ring (bicyclic) bond motifs is 6. The molecule has 0 bridgehead atoms. The van der Waals surface area contributed by atoms with Gasteiger partial charge in [-0.1, -0.05) is 105 Å². The molecule has 1 aromatic heterocycles. The van der Waals surface area contributed by atoms with Crippen molar-refractivity contribution < 1.29 is 9.47 Å². The Morgan fingerprint density at radius 2 is 1.20 bits per heavy atom. The van der Waals surface area contributed by atoms with Gasteiger partial charge < -0.3 is 9.47 Å². The van der Waals surface area contributed by atoms with Gasteiger partial charge in [0, 0.05) is 27.7 Å². The third-order valence-corrected chi connectivity index (χ3v) is 9.58. The van der Waals surface area contributed by atoms with Crippen molar-refractivity contribution in [1.82, 2.24) is 9.97 Å². The Morgan fingerprint density at radius 3 is 2.02 bits per heavy atom. The molecule has 0 unspecified atom stereocenters. The Hall–Kier alpha value is -6.51. The normalized spacial score (nSPS) is 13.2. The molecule has 2 heterocycles. The molecule has 0 saturated heterocycles. The molecule has 0 N–H and O–H groups in total. The van der Waals surface area contributed by atoms with Crippen molar-refractivity contribution in [1.29, 1.82) is 5.26 Å². The van der Waals surface area contributed by atoms with Gasteiger partial charge in [0.1, 0.15) is 0 Å². The van der Waals surface area contributed by atoms with E-state index >= 15 is 0 Å². The Labute approximate surface area is 284 Å². The fourth-order valence-corrected chi connectivity index (χ4v) is 7.07. The summed E-state index contributed by atoms with van der Waals surface area (Å²) in [6, 6.07) is 48.9. The summed E-state index contributed by atoms with van der Waals surface area (Å²) in [6.07, 6.45) is 0. The molecule has 0 spiro atoms. The first-order chi connectivity index (χ1) is 24.0. The minimum absolute atomic E-state index is 0.145. The van der Waals surface area contributed by atoms with E-state index in [-0.39, 0.29) is 5.41 Å². The van der Waals surface area contributed by atoms with E-state index in [1.54, 1.807) is 0 Å². The number of benzene rings is 6. The summed E-state index contributed by atoms with van der Waals surface area (Å²) in [7, 11) is 0. The fourth-order valence-electron chi connectivity index (χ4n) is 7.07. The summed E-state index contributed by atoms with van der Waals surface area (Å²) in [4.78, 5) is 10.1. The number of hydrogen-bond donors (Lipinski definition) is 0. The molecule has 0 amide bonds. The topological polar surface area (TPSA) is 68.0 Å². The summed E-state index contributed by atoms with van der Waals surface area (Å²) >= 11 is 0. The van der Waals surface area contributed by atoms with E-state index in [1.165, 1.54) is 16.7 Å². The first-order valence-corrected chi connectivity index (χ1v) is 16.3. The SMILES string of the molecule is CC1(C)c2ccccc2-c2c1ccc1c2Oc2cc(-c3cc(-c4cccc(-c5cccc(C#N)c5)c4)nc(-c4ccccc4)n3)ccc2O1. The van der Waals surface area contributed by atoms with Crippen molar-refractivity contribution in [2.45, 2.75) is 19.3 Å². The Morgan fingerprint density at radius 1 is 0.531 bits per heavy atom. The molecule has 49 heavy (non-hydrogen) atoms. The number of hydrogen-bond acceptors (Lipinski definition) is 5. The lowest BCUT2D eigenvalue weighted by Crippen LogP contribution is -2.15. The minimum Gasteiger partial charge on any atom is -0.449 e. The molecule has 6 aromatic carbocycles. The summed E-state index contributed by atoms with van der Waals surface area (Å²) in [5.41, 5.74) is 11.5. The van der Waals surface area contributed by atoms with E-state index < -0.39 is 0 Å². The van der Waals surface area contributed by atoms with Crippen molar-refractivity contribution in [2.75, 3.05) is 0 Å². The highest BCUT2D eigenvalue weighted by Gasteiger charge is 2.39. The van der Waals surface area contributed by atoms with Crippen LogP contribution in [0.15, 0.2) is 140 Å². The van der Waals surface area contributed by atoms with Crippen LogP contribution < -0.4 is 9.47 Å². The number of aromatic nitrogens is 2. The zero-order chi connectivity index (χ0) is 33.1. The highest BCUT2D eigenvalue weighted by atomic mass is 16.6. The van der Waals surface area contributed by atoms with Crippen LogP contribution >= 0.6 is 0 Å². The smallest absolute Gasteiger partial charge is 0.178 e. The second-order valence-corrected chi connectivity index (χ2v) is 13.0. The molecule has 0 saturated carbocycles. The summed E-state index contributed by atoms with van der Waals surface area (Å²) in [5, 5.41) is 9.46. The molecular formula is C44H29N3O2. The molecule has 5 nitrogen and oxygen atoms in total. The van der Waals surface area contributed by atoms with E-state index in [1.807, 2.05) is 91.0 Å². The molecule has 5 heteroatoms. The maximum atomic E-state index is 9.46. The summed E-state index contributed by atoms with van der Waals surface area (Å²) < 4.78 is 13.2. The zero-order valence-corrected chi connectivity index (χ0v) is 26.9. The molecule has 1 aliphatic heterocycles. The van der Waals surface area contributed by atoms with Crippen molar-refractivity contribution >= 4 is 0 Å². The summed E-state index contributed by atoms with van der Waals surface area (Å²) in [6.45, 7) is 4.52. The lowest BCUT2D eigenvalue weighted by Gasteiger charge is -2.25. The van der Waals surface area contributed by atoms with Crippen LogP contribution in [0.3, 0.4) is 0 Å². The average Bonchev–Trinajstić information content (AvgIpc) is 3.40. The van der Waals surface area contributed by atoms with Gasteiger partial charge in [-0.2, -0.15) is 5.26 Å². The van der Waals surface area contributed by atoms with E-state index in [4.69, 9.17) is 19.4 Å². The Bertz CT molecular complexity index is 2490. The molecule has 1 aliphatic carbocycles. The maximum absolute atomic E-state index is 9.46. The average molecular weight is 632 g/mol. The molecule has 7 aromatic rings. The predicted molar refractivity (Wildman–Crippen MR) is 193 cm³/mol. The van der Waals surface area contributed by atoms with E-state index in [0.717, 1.165) is 50.5 Å². The molecule has 2 aliphatic rings. The van der Waals surface area contributed by atoms with E-state index in [2.05, 4.69) is 68.4 Å². The van der Waals surface area contributed by atoms with Crippen LogP contribution in [0, 0.1) is 11.3 Å². The minimum atomic E-state index is -0.145.